The van der Waals surface area contributed by atoms with Gasteiger partial charge in [-0.05, 0) is 0 Å². The minimum absolute atomic E-state index is 0. The van der Waals surface area contributed by atoms with Crippen LogP contribution in [-0.2, 0) is 12.1 Å². The Labute approximate surface area is 96.1 Å². The minimum Gasteiger partial charge on any atom is -0.795 e. The molecule has 0 nitrogen and oxygen atoms in total. The average Bonchev–Trinajstić information content (AvgIpc) is 1.84. The van der Waals surface area contributed by atoms with Crippen molar-refractivity contribution in [1.29, 1.82) is 0 Å². The van der Waals surface area contributed by atoms with Crippen LogP contribution in [0.3, 0.4) is 0 Å². The average molecular weight is 196 g/mol. The van der Waals surface area contributed by atoms with Crippen LogP contribution in [0.4, 0.5) is 0 Å². The summed E-state index contributed by atoms with van der Waals surface area (Å²) in [5.74, 6) is 0. The van der Waals surface area contributed by atoms with Gasteiger partial charge in [0.2, 0.25) is 0 Å². The Morgan fingerprint density at radius 3 is 0.917 bits per heavy atom. The van der Waals surface area contributed by atoms with Crippen molar-refractivity contribution < 1.29 is 18.9 Å². The fourth-order valence-electron chi connectivity index (χ4n) is 2.00. The largest absolute Gasteiger partial charge is 1.00 e. The molecule has 0 amide bonds. The summed E-state index contributed by atoms with van der Waals surface area (Å²) in [6.07, 6.45) is 0. The van der Waals surface area contributed by atoms with Crippen molar-refractivity contribution in [3.63, 3.8) is 0 Å². The first-order valence-electron chi connectivity index (χ1n) is 4.53. The molecule has 0 saturated carbocycles. The summed E-state index contributed by atoms with van der Waals surface area (Å²) < 4.78 is 0. The van der Waals surface area contributed by atoms with Gasteiger partial charge in [-0.25, -0.2) is 0 Å². The summed E-state index contributed by atoms with van der Waals surface area (Å²) in [5.41, 5.74) is 2.20. The molecule has 0 aromatic carbocycles. The summed E-state index contributed by atoms with van der Waals surface area (Å²) in [6, 6.07) is 0. The van der Waals surface area contributed by atoms with Crippen LogP contribution in [0.1, 0.15) is 41.5 Å². The van der Waals surface area contributed by atoms with Crippen LogP contribution in [0.25, 0.3) is 0 Å². The second kappa shape index (κ2) is 5.80. The molecule has 0 aromatic rings. The molecule has 0 unspecified atom stereocenters. The van der Waals surface area contributed by atoms with Crippen LogP contribution in [0.5, 0.6) is 0 Å². The quantitative estimate of drug-likeness (QED) is 0.473. The fourth-order valence-corrected chi connectivity index (χ4v) is 6.00. The van der Waals surface area contributed by atoms with Crippen molar-refractivity contribution >= 4 is 19.3 Å². The summed E-state index contributed by atoms with van der Waals surface area (Å²) in [6.45, 7) is 13.7. The molecular formula is C9H21LiSSi. The van der Waals surface area contributed by atoms with Crippen molar-refractivity contribution in [1.82, 2.24) is 0 Å². The predicted molar refractivity (Wildman–Crippen MR) is 58.4 cm³/mol. The Balaban J connectivity index is 0. The van der Waals surface area contributed by atoms with E-state index >= 15 is 0 Å². The number of rotatable bonds is 3. The fraction of sp³-hybridized carbons (Fsp3) is 1.00. The Morgan fingerprint density at radius 2 is 0.917 bits per heavy atom. The van der Waals surface area contributed by atoms with Gasteiger partial charge in [-0.15, -0.1) is 0 Å². The Hall–Kier alpha value is 1.16. The molecule has 0 radical (unpaired) electrons. The van der Waals surface area contributed by atoms with Gasteiger partial charge >= 0.3 is 18.9 Å². The van der Waals surface area contributed by atoms with Gasteiger partial charge in [0, 0.05) is 0 Å². The van der Waals surface area contributed by atoms with Crippen LogP contribution in [0, 0.1) is 0 Å². The second-order valence-electron chi connectivity index (χ2n) is 4.32. The Kier molecular flexibility index (Phi) is 7.56. The van der Waals surface area contributed by atoms with E-state index in [4.69, 9.17) is 12.1 Å². The van der Waals surface area contributed by atoms with Gasteiger partial charge in [0.05, 0.1) is 0 Å². The van der Waals surface area contributed by atoms with Crippen LogP contribution >= 0.6 is 0 Å². The molecular weight excluding hydrogens is 175 g/mol. The van der Waals surface area contributed by atoms with Crippen molar-refractivity contribution in [2.24, 2.45) is 0 Å². The van der Waals surface area contributed by atoms with Gasteiger partial charge in [-0.2, -0.15) is 0 Å². The van der Waals surface area contributed by atoms with E-state index in [0.29, 0.717) is 0 Å². The van der Waals surface area contributed by atoms with Gasteiger partial charge in [-0.1, -0.05) is 65.4 Å². The molecule has 0 saturated heterocycles. The molecule has 12 heavy (non-hydrogen) atoms. The molecule has 0 fully saturated rings. The number of hydrogen-bond acceptors (Lipinski definition) is 1. The first-order chi connectivity index (χ1) is 4.83. The zero-order chi connectivity index (χ0) is 9.23. The minimum atomic E-state index is -1.40. The molecule has 68 valence electrons. The summed E-state index contributed by atoms with van der Waals surface area (Å²) in [5, 5.41) is 0. The molecule has 0 aliphatic carbocycles. The first-order valence-corrected chi connectivity index (χ1v) is 7.90. The molecule has 0 rings (SSSR count). The smallest absolute Gasteiger partial charge is 0.795 e. The van der Waals surface area contributed by atoms with Crippen LogP contribution in [-0.4, -0.2) is 7.22 Å². The third kappa shape index (κ3) is 3.14. The van der Waals surface area contributed by atoms with Gasteiger partial charge in [0.15, 0.2) is 0 Å². The van der Waals surface area contributed by atoms with E-state index in [2.05, 4.69) is 41.5 Å². The number of hydrogen-bond donors (Lipinski definition) is 0. The molecule has 0 aliphatic heterocycles. The predicted octanol–water partition coefficient (Wildman–Crippen LogP) is 0.713. The zero-order valence-electron chi connectivity index (χ0n) is 9.64. The normalized spacial score (nSPS) is 12.5. The summed E-state index contributed by atoms with van der Waals surface area (Å²) in [4.78, 5) is 0. The van der Waals surface area contributed by atoms with Gasteiger partial charge in [-0.3, -0.25) is 0 Å². The first kappa shape index (κ1) is 15.6. The Bertz CT molecular complexity index is 102. The third-order valence-electron chi connectivity index (χ3n) is 2.71. The van der Waals surface area contributed by atoms with Crippen molar-refractivity contribution in [3.05, 3.63) is 0 Å². The molecule has 0 aliphatic rings. The van der Waals surface area contributed by atoms with E-state index < -0.39 is 7.22 Å². The van der Waals surface area contributed by atoms with E-state index in [0.717, 1.165) is 16.6 Å². The van der Waals surface area contributed by atoms with E-state index in [1.165, 1.54) is 0 Å². The van der Waals surface area contributed by atoms with Crippen molar-refractivity contribution in [2.75, 3.05) is 0 Å². The molecule has 0 spiro atoms. The van der Waals surface area contributed by atoms with Crippen LogP contribution < -0.4 is 18.9 Å². The van der Waals surface area contributed by atoms with E-state index in [9.17, 15) is 0 Å². The summed E-state index contributed by atoms with van der Waals surface area (Å²) in [7, 11) is -1.40. The van der Waals surface area contributed by atoms with Gasteiger partial charge < -0.3 is 12.1 Å². The Morgan fingerprint density at radius 1 is 0.750 bits per heavy atom. The van der Waals surface area contributed by atoms with E-state index in [1.54, 1.807) is 0 Å². The third-order valence-corrected chi connectivity index (χ3v) is 12.4. The van der Waals surface area contributed by atoms with Crippen molar-refractivity contribution in [3.8, 4) is 0 Å². The molecule has 0 bridgehead atoms. The van der Waals surface area contributed by atoms with Crippen molar-refractivity contribution in [2.45, 2.75) is 58.2 Å². The van der Waals surface area contributed by atoms with E-state index in [1.807, 2.05) is 0 Å². The molecule has 0 atom stereocenters. The second-order valence-corrected chi connectivity index (χ2v) is 11.6. The van der Waals surface area contributed by atoms with Gasteiger partial charge in [0.1, 0.15) is 0 Å². The van der Waals surface area contributed by atoms with Crippen LogP contribution in [0.2, 0.25) is 16.6 Å². The topological polar surface area (TPSA) is 0 Å². The van der Waals surface area contributed by atoms with Gasteiger partial charge in [0.25, 0.3) is 0 Å². The zero-order valence-corrected chi connectivity index (χ0v) is 11.5. The summed E-state index contributed by atoms with van der Waals surface area (Å²) >= 11 is 5.81. The maximum atomic E-state index is 5.81. The standard InChI is InChI=1S/C9H21SSi.Li/c1-7(2)11(10,8(3)4)9(5)6;/h7-9H,1-6H3;/q-1;+1. The maximum absolute atomic E-state index is 5.81. The van der Waals surface area contributed by atoms with Crippen LogP contribution in [0.15, 0.2) is 0 Å². The molecule has 3 heteroatoms. The monoisotopic (exact) mass is 196 g/mol. The molecule has 0 aromatic heterocycles. The molecule has 0 N–H and O–H groups in total. The molecule has 0 heterocycles. The SMILES string of the molecule is CC(C)[Si]([S-])(C(C)C)C(C)C.[Li+]. The van der Waals surface area contributed by atoms with E-state index in [-0.39, 0.29) is 18.9 Å². The maximum Gasteiger partial charge on any atom is 1.00 e.